The molecule has 0 amide bonds. The third-order valence-corrected chi connectivity index (χ3v) is 11.5. The Bertz CT molecular complexity index is 436. The SMILES string of the molecule is CCCCCCC1C[C@@]1(CCCC)[Si](C)(C)c1ccccc1. The van der Waals surface area contributed by atoms with E-state index in [1.54, 1.807) is 5.19 Å². The molecule has 1 unspecified atom stereocenters. The van der Waals surface area contributed by atoms with Gasteiger partial charge in [-0.3, -0.25) is 0 Å². The molecule has 1 saturated carbocycles. The largest absolute Gasteiger partial charge is 0.0870 e. The van der Waals surface area contributed by atoms with Gasteiger partial charge in [0.2, 0.25) is 0 Å². The van der Waals surface area contributed by atoms with Crippen LogP contribution in [-0.2, 0) is 0 Å². The van der Waals surface area contributed by atoms with Crippen LogP contribution in [-0.4, -0.2) is 8.07 Å². The standard InChI is InChI=1S/C21H36Si/c1-5-7-9-11-14-19-18-21(19,17-8-6-2)22(3,4)20-15-12-10-13-16-20/h10,12-13,15-16,19H,5-9,11,14,17-18H2,1-4H3/t19?,21-/m1/s1. The fourth-order valence-corrected chi connectivity index (χ4v) is 8.92. The number of unbranched alkanes of at least 4 members (excludes halogenated alkanes) is 4. The maximum absolute atomic E-state index is 2.64. The fourth-order valence-electron chi connectivity index (χ4n) is 4.60. The Hall–Kier alpha value is -0.563. The topological polar surface area (TPSA) is 0 Å². The van der Waals surface area contributed by atoms with Crippen LogP contribution in [0.3, 0.4) is 0 Å². The van der Waals surface area contributed by atoms with Gasteiger partial charge in [0.15, 0.2) is 0 Å². The summed E-state index contributed by atoms with van der Waals surface area (Å²) in [4.78, 5) is 0. The monoisotopic (exact) mass is 316 g/mol. The summed E-state index contributed by atoms with van der Waals surface area (Å²) in [5.41, 5.74) is 0. The average Bonchev–Trinajstić information content (AvgIpc) is 3.26. The van der Waals surface area contributed by atoms with E-state index < -0.39 is 8.07 Å². The molecule has 0 N–H and O–H groups in total. The molecule has 0 saturated heterocycles. The van der Waals surface area contributed by atoms with Gasteiger partial charge in [0, 0.05) is 0 Å². The zero-order valence-electron chi connectivity index (χ0n) is 15.3. The molecule has 0 spiro atoms. The second-order valence-corrected chi connectivity index (χ2v) is 12.8. The van der Waals surface area contributed by atoms with Crippen LogP contribution in [0.1, 0.15) is 71.6 Å². The van der Waals surface area contributed by atoms with Gasteiger partial charge in [-0.1, -0.05) is 107 Å². The predicted molar refractivity (Wildman–Crippen MR) is 103 cm³/mol. The molecule has 1 aliphatic carbocycles. The highest BCUT2D eigenvalue weighted by molar-refractivity contribution is 6.93. The van der Waals surface area contributed by atoms with Crippen molar-refractivity contribution in [2.45, 2.75) is 89.8 Å². The van der Waals surface area contributed by atoms with Crippen LogP contribution < -0.4 is 5.19 Å². The first-order valence-corrected chi connectivity index (χ1v) is 12.6. The summed E-state index contributed by atoms with van der Waals surface area (Å²) in [7, 11) is -1.36. The van der Waals surface area contributed by atoms with Crippen LogP contribution in [0.4, 0.5) is 0 Å². The minimum Gasteiger partial charge on any atom is -0.0654 e. The number of rotatable bonds is 10. The van der Waals surface area contributed by atoms with Crippen LogP contribution in [0.25, 0.3) is 0 Å². The zero-order chi connectivity index (χ0) is 16.1. The highest BCUT2D eigenvalue weighted by atomic mass is 28.3. The van der Waals surface area contributed by atoms with E-state index in [1.807, 2.05) is 0 Å². The first-order valence-electron chi connectivity index (χ1n) is 9.64. The molecule has 0 nitrogen and oxygen atoms in total. The molecule has 0 radical (unpaired) electrons. The molecule has 0 bridgehead atoms. The summed E-state index contributed by atoms with van der Waals surface area (Å²) < 4.78 is 0. The Labute approximate surface area is 139 Å². The molecule has 0 aliphatic heterocycles. The minimum atomic E-state index is -1.36. The van der Waals surface area contributed by atoms with Crippen molar-refractivity contribution in [2.24, 2.45) is 5.92 Å². The zero-order valence-corrected chi connectivity index (χ0v) is 16.3. The van der Waals surface area contributed by atoms with E-state index in [9.17, 15) is 0 Å². The normalized spacial score (nSPS) is 24.5. The van der Waals surface area contributed by atoms with Crippen LogP contribution in [0, 0.1) is 5.92 Å². The van der Waals surface area contributed by atoms with Crippen molar-refractivity contribution in [2.75, 3.05) is 0 Å². The average molecular weight is 317 g/mol. The van der Waals surface area contributed by atoms with Crippen molar-refractivity contribution in [3.8, 4) is 0 Å². The van der Waals surface area contributed by atoms with Crippen molar-refractivity contribution in [3.05, 3.63) is 30.3 Å². The van der Waals surface area contributed by atoms with Crippen molar-refractivity contribution in [3.63, 3.8) is 0 Å². The molecule has 1 heteroatoms. The van der Waals surface area contributed by atoms with Gasteiger partial charge in [0.25, 0.3) is 0 Å². The van der Waals surface area contributed by atoms with Crippen molar-refractivity contribution in [1.29, 1.82) is 0 Å². The molecule has 1 aromatic rings. The fraction of sp³-hybridized carbons (Fsp3) is 0.714. The van der Waals surface area contributed by atoms with Crippen molar-refractivity contribution < 1.29 is 0 Å². The molecule has 0 aromatic heterocycles. The molecule has 124 valence electrons. The number of hydrogen-bond acceptors (Lipinski definition) is 0. The van der Waals surface area contributed by atoms with Gasteiger partial charge >= 0.3 is 0 Å². The molecular weight excluding hydrogens is 280 g/mol. The molecule has 2 atom stereocenters. The Morgan fingerprint density at radius 2 is 1.64 bits per heavy atom. The van der Waals surface area contributed by atoms with Crippen molar-refractivity contribution >= 4 is 13.3 Å². The van der Waals surface area contributed by atoms with Crippen LogP contribution in [0.2, 0.25) is 18.1 Å². The van der Waals surface area contributed by atoms with Gasteiger partial charge < -0.3 is 0 Å². The van der Waals surface area contributed by atoms with E-state index in [2.05, 4.69) is 57.3 Å². The van der Waals surface area contributed by atoms with Gasteiger partial charge in [0.1, 0.15) is 0 Å². The summed E-state index contributed by atoms with van der Waals surface area (Å²) in [5.74, 6) is 1.03. The Balaban J connectivity index is 2.07. The lowest BCUT2D eigenvalue weighted by molar-refractivity contribution is 0.541. The molecule has 22 heavy (non-hydrogen) atoms. The lowest BCUT2D eigenvalue weighted by atomic mass is 10.1. The smallest absolute Gasteiger partial charge is 0.0654 e. The molecule has 1 aliphatic rings. The van der Waals surface area contributed by atoms with Gasteiger partial charge in [-0.25, -0.2) is 0 Å². The molecule has 1 aromatic carbocycles. The summed E-state index contributed by atoms with van der Waals surface area (Å²) in [6, 6.07) is 11.5. The highest BCUT2D eigenvalue weighted by Crippen LogP contribution is 2.70. The molecule has 0 heterocycles. The summed E-state index contributed by atoms with van der Waals surface area (Å²) in [6.45, 7) is 9.95. The van der Waals surface area contributed by atoms with Crippen LogP contribution in [0.5, 0.6) is 0 Å². The summed E-state index contributed by atoms with van der Waals surface area (Å²) in [6.07, 6.45) is 13.0. The highest BCUT2D eigenvalue weighted by Gasteiger charge is 2.62. The van der Waals surface area contributed by atoms with Crippen molar-refractivity contribution in [1.82, 2.24) is 0 Å². The summed E-state index contributed by atoms with van der Waals surface area (Å²) >= 11 is 0. The van der Waals surface area contributed by atoms with E-state index in [1.165, 1.54) is 57.8 Å². The second-order valence-electron chi connectivity index (χ2n) is 8.00. The van der Waals surface area contributed by atoms with E-state index in [0.29, 0.717) is 5.04 Å². The van der Waals surface area contributed by atoms with Crippen LogP contribution >= 0.6 is 0 Å². The Kier molecular flexibility index (Phi) is 6.32. The van der Waals surface area contributed by atoms with Gasteiger partial charge in [0.05, 0.1) is 8.07 Å². The molecular formula is C21H36Si. The van der Waals surface area contributed by atoms with E-state index in [4.69, 9.17) is 0 Å². The van der Waals surface area contributed by atoms with E-state index in [0.717, 1.165) is 5.92 Å². The molecule has 1 fully saturated rings. The van der Waals surface area contributed by atoms with E-state index in [-0.39, 0.29) is 0 Å². The second kappa shape index (κ2) is 7.81. The predicted octanol–water partition coefficient (Wildman–Crippen LogP) is 6.52. The first kappa shape index (κ1) is 17.8. The lowest BCUT2D eigenvalue weighted by Gasteiger charge is -2.35. The first-order chi connectivity index (χ1) is 10.6. The number of hydrogen-bond donors (Lipinski definition) is 0. The maximum atomic E-state index is 2.64. The lowest BCUT2D eigenvalue weighted by Crippen LogP contribution is -2.48. The van der Waals surface area contributed by atoms with E-state index >= 15 is 0 Å². The third kappa shape index (κ3) is 3.67. The summed E-state index contributed by atoms with van der Waals surface area (Å²) in [5, 5.41) is 2.39. The third-order valence-electron chi connectivity index (χ3n) is 6.35. The maximum Gasteiger partial charge on any atom is 0.0870 e. The molecule has 2 rings (SSSR count). The Morgan fingerprint density at radius 3 is 2.27 bits per heavy atom. The quantitative estimate of drug-likeness (QED) is 0.340. The Morgan fingerprint density at radius 1 is 0.955 bits per heavy atom. The minimum absolute atomic E-state index is 0.705. The van der Waals surface area contributed by atoms with Crippen LogP contribution in [0.15, 0.2) is 30.3 Å². The van der Waals surface area contributed by atoms with Gasteiger partial charge in [-0.15, -0.1) is 0 Å². The van der Waals surface area contributed by atoms with Gasteiger partial charge in [-0.05, 0) is 23.8 Å². The number of benzene rings is 1. The van der Waals surface area contributed by atoms with Gasteiger partial charge in [-0.2, -0.15) is 0 Å².